The van der Waals surface area contributed by atoms with Gasteiger partial charge in [0.15, 0.2) is 5.78 Å². The highest BCUT2D eigenvalue weighted by molar-refractivity contribution is 5.87. The lowest BCUT2D eigenvalue weighted by atomic mass is 9.90. The number of hydrogen-bond acceptors (Lipinski definition) is 5. The van der Waals surface area contributed by atoms with Crippen molar-refractivity contribution in [2.24, 2.45) is 0 Å². The van der Waals surface area contributed by atoms with Crippen LogP contribution in [0.2, 0.25) is 0 Å². The maximum absolute atomic E-state index is 12.8. The number of ether oxygens (including phenoxy) is 1. The molecular formula is C22H28N2O4. The molecule has 0 aliphatic rings. The van der Waals surface area contributed by atoms with E-state index in [2.05, 4.69) is 18.7 Å². The minimum absolute atomic E-state index is 0.154. The first-order valence-electron chi connectivity index (χ1n) is 9.55. The molecule has 0 N–H and O–H groups in total. The molecule has 6 heteroatoms. The average Bonchev–Trinajstić information content (AvgIpc) is 2.71. The van der Waals surface area contributed by atoms with Crippen molar-refractivity contribution in [1.82, 2.24) is 4.90 Å². The Morgan fingerprint density at radius 2 is 1.61 bits per heavy atom. The molecule has 0 aromatic heterocycles. The van der Waals surface area contributed by atoms with Gasteiger partial charge in [0, 0.05) is 17.9 Å². The molecule has 0 radical (unpaired) electrons. The minimum Gasteiger partial charge on any atom is -0.497 e. The van der Waals surface area contributed by atoms with Gasteiger partial charge in [0.05, 0.1) is 7.11 Å². The summed E-state index contributed by atoms with van der Waals surface area (Å²) in [4.78, 5) is 25.8. The lowest BCUT2D eigenvalue weighted by Gasteiger charge is -2.18. The topological polar surface area (TPSA) is 72.7 Å². The van der Waals surface area contributed by atoms with Crippen LogP contribution < -0.4 is 4.74 Å². The van der Waals surface area contributed by atoms with Gasteiger partial charge in [-0.2, -0.15) is 0 Å². The first-order chi connectivity index (χ1) is 13.5. The molecule has 2 aromatic rings. The highest BCUT2D eigenvalue weighted by atomic mass is 16.6. The predicted octanol–water partition coefficient (Wildman–Crippen LogP) is 3.71. The van der Waals surface area contributed by atoms with Crippen molar-refractivity contribution in [2.75, 3.05) is 26.7 Å². The molecule has 1 atom stereocenters. The summed E-state index contributed by atoms with van der Waals surface area (Å²) in [6.07, 6.45) is 0.156. The molecule has 0 aliphatic heterocycles. The molecule has 2 aromatic carbocycles. The summed E-state index contributed by atoms with van der Waals surface area (Å²) in [5, 5.41) is 11.1. The molecule has 0 heterocycles. The largest absolute Gasteiger partial charge is 0.497 e. The zero-order valence-electron chi connectivity index (χ0n) is 16.8. The average molecular weight is 384 g/mol. The van der Waals surface area contributed by atoms with Gasteiger partial charge < -0.3 is 4.74 Å². The molecule has 1 unspecified atom stereocenters. The third-order valence-electron chi connectivity index (χ3n) is 4.94. The minimum atomic E-state index is -0.750. The van der Waals surface area contributed by atoms with Crippen LogP contribution >= 0.6 is 0 Å². The Hall–Kier alpha value is -2.73. The number of carbonyl (C=O) groups is 1. The number of hydrogen-bond donors (Lipinski definition) is 0. The second kappa shape index (κ2) is 10.6. The van der Waals surface area contributed by atoms with E-state index in [0.717, 1.165) is 30.8 Å². The highest BCUT2D eigenvalue weighted by Crippen LogP contribution is 2.22. The molecule has 0 saturated heterocycles. The van der Waals surface area contributed by atoms with Crippen LogP contribution in [0.5, 0.6) is 5.75 Å². The van der Waals surface area contributed by atoms with Crippen LogP contribution in [-0.2, 0) is 17.8 Å². The molecule has 0 aliphatic carbocycles. The molecule has 0 amide bonds. The van der Waals surface area contributed by atoms with E-state index in [9.17, 15) is 14.9 Å². The number of methoxy groups -OCH3 is 1. The van der Waals surface area contributed by atoms with Gasteiger partial charge >= 0.3 is 0 Å². The van der Waals surface area contributed by atoms with E-state index >= 15 is 0 Å². The third kappa shape index (κ3) is 6.16. The number of carbonyl (C=O) groups excluding carboxylic acids is 1. The van der Waals surface area contributed by atoms with Crippen LogP contribution in [0, 0.1) is 10.1 Å². The predicted molar refractivity (Wildman–Crippen MR) is 109 cm³/mol. The Balaban J connectivity index is 2.15. The summed E-state index contributed by atoms with van der Waals surface area (Å²) >= 11 is 0. The maximum atomic E-state index is 12.8. The van der Waals surface area contributed by atoms with E-state index in [1.807, 2.05) is 36.4 Å². The van der Waals surface area contributed by atoms with Gasteiger partial charge in [0.2, 0.25) is 6.54 Å². The van der Waals surface area contributed by atoms with Crippen molar-refractivity contribution >= 4 is 5.78 Å². The lowest BCUT2D eigenvalue weighted by molar-refractivity contribution is -0.481. The van der Waals surface area contributed by atoms with Crippen molar-refractivity contribution in [3.05, 3.63) is 75.3 Å². The van der Waals surface area contributed by atoms with Gasteiger partial charge in [-0.25, -0.2) is 0 Å². The van der Waals surface area contributed by atoms with Gasteiger partial charge in [-0.3, -0.25) is 19.8 Å². The van der Waals surface area contributed by atoms with Crippen molar-refractivity contribution in [1.29, 1.82) is 0 Å². The summed E-state index contributed by atoms with van der Waals surface area (Å²) in [5.74, 6) is -0.195. The second-order valence-corrected chi connectivity index (χ2v) is 6.76. The van der Waals surface area contributed by atoms with Gasteiger partial charge in [-0.05, 0) is 41.9 Å². The zero-order valence-corrected chi connectivity index (χ0v) is 16.8. The third-order valence-corrected chi connectivity index (χ3v) is 4.94. The summed E-state index contributed by atoms with van der Waals surface area (Å²) in [6, 6.07) is 14.8. The number of nitro groups is 1. The SMILES string of the molecule is CCN(CC)Cc1ccc(C(C[N+](=O)[O-])C(=O)Cc2ccc(OC)cc2)cc1. The van der Waals surface area contributed by atoms with Crippen LogP contribution in [0.1, 0.15) is 36.5 Å². The number of benzene rings is 2. The number of Topliss-reactive ketones (excluding diaryl/α,β-unsaturated/α-hetero) is 1. The van der Waals surface area contributed by atoms with Crippen LogP contribution in [-0.4, -0.2) is 42.4 Å². The first-order valence-corrected chi connectivity index (χ1v) is 9.55. The fraction of sp³-hybridized carbons (Fsp3) is 0.409. The maximum Gasteiger partial charge on any atom is 0.217 e. The highest BCUT2D eigenvalue weighted by Gasteiger charge is 2.26. The first kappa shape index (κ1) is 21.6. The Morgan fingerprint density at radius 1 is 1.04 bits per heavy atom. The van der Waals surface area contributed by atoms with E-state index in [1.54, 1.807) is 19.2 Å². The fourth-order valence-corrected chi connectivity index (χ4v) is 3.17. The summed E-state index contributed by atoms with van der Waals surface area (Å²) in [5.41, 5.74) is 2.64. The quantitative estimate of drug-likeness (QED) is 0.436. The van der Waals surface area contributed by atoms with Crippen molar-refractivity contribution in [3.63, 3.8) is 0 Å². The van der Waals surface area contributed by atoms with Crippen LogP contribution in [0.15, 0.2) is 48.5 Å². The smallest absolute Gasteiger partial charge is 0.217 e. The zero-order chi connectivity index (χ0) is 20.5. The van der Waals surface area contributed by atoms with Gasteiger partial charge in [0.1, 0.15) is 11.7 Å². The van der Waals surface area contributed by atoms with Crippen LogP contribution in [0.4, 0.5) is 0 Å². The number of nitrogens with zero attached hydrogens (tertiary/aromatic N) is 2. The van der Waals surface area contributed by atoms with Crippen molar-refractivity contribution in [3.8, 4) is 5.75 Å². The van der Waals surface area contributed by atoms with E-state index in [0.29, 0.717) is 11.3 Å². The molecule has 28 heavy (non-hydrogen) atoms. The molecular weight excluding hydrogens is 356 g/mol. The van der Waals surface area contributed by atoms with E-state index in [1.165, 1.54) is 0 Å². The van der Waals surface area contributed by atoms with Crippen LogP contribution in [0.3, 0.4) is 0 Å². The Labute approximate surface area is 166 Å². The Kier molecular flexibility index (Phi) is 8.14. The second-order valence-electron chi connectivity index (χ2n) is 6.76. The molecule has 6 nitrogen and oxygen atoms in total. The summed E-state index contributed by atoms with van der Waals surface area (Å²) in [7, 11) is 1.58. The fourth-order valence-electron chi connectivity index (χ4n) is 3.17. The Bertz CT molecular complexity index is 768. The van der Waals surface area contributed by atoms with Crippen molar-refractivity contribution in [2.45, 2.75) is 32.7 Å². The van der Waals surface area contributed by atoms with E-state index in [-0.39, 0.29) is 12.2 Å². The van der Waals surface area contributed by atoms with E-state index < -0.39 is 17.4 Å². The van der Waals surface area contributed by atoms with Gasteiger partial charge in [-0.1, -0.05) is 50.2 Å². The van der Waals surface area contributed by atoms with Crippen LogP contribution in [0.25, 0.3) is 0 Å². The molecule has 150 valence electrons. The Morgan fingerprint density at radius 3 is 2.11 bits per heavy atom. The normalized spacial score (nSPS) is 12.0. The lowest BCUT2D eigenvalue weighted by Crippen LogP contribution is -2.24. The van der Waals surface area contributed by atoms with E-state index in [4.69, 9.17) is 4.74 Å². The monoisotopic (exact) mass is 384 g/mol. The molecule has 2 rings (SSSR count). The molecule has 0 saturated carbocycles. The number of rotatable bonds is 11. The summed E-state index contributed by atoms with van der Waals surface area (Å²) < 4.78 is 5.12. The standard InChI is InChI=1S/C22H28N2O4/c1-4-23(5-2)15-18-6-10-19(11-7-18)21(16-24(26)27)22(25)14-17-8-12-20(28-3)13-9-17/h6-13,21H,4-5,14-16H2,1-3H3. The molecule has 0 spiro atoms. The number of ketones is 1. The molecule has 0 bridgehead atoms. The molecule has 0 fully saturated rings. The van der Waals surface area contributed by atoms with Crippen molar-refractivity contribution < 1.29 is 14.5 Å². The van der Waals surface area contributed by atoms with Gasteiger partial charge in [0.25, 0.3) is 0 Å². The van der Waals surface area contributed by atoms with Gasteiger partial charge in [-0.15, -0.1) is 0 Å². The summed E-state index contributed by atoms with van der Waals surface area (Å²) in [6.45, 7) is 6.58.